The molecule has 1 unspecified atom stereocenters. The quantitative estimate of drug-likeness (QED) is 0.371. The normalized spacial score (nSPS) is 19.2. The van der Waals surface area contributed by atoms with E-state index >= 15 is 0 Å². The minimum absolute atomic E-state index is 0.0542. The summed E-state index contributed by atoms with van der Waals surface area (Å²) in [5.41, 5.74) is -0.121. The monoisotopic (exact) mass is 475 g/mol. The fourth-order valence-electron chi connectivity index (χ4n) is 2.92. The van der Waals surface area contributed by atoms with Gasteiger partial charge in [0, 0.05) is 15.6 Å². The van der Waals surface area contributed by atoms with Crippen LogP contribution in [0.2, 0.25) is 0 Å². The van der Waals surface area contributed by atoms with Crippen molar-refractivity contribution < 1.29 is 23.2 Å². The van der Waals surface area contributed by atoms with Crippen LogP contribution in [0.1, 0.15) is 27.9 Å². The molecule has 0 aliphatic carbocycles. The van der Waals surface area contributed by atoms with Crippen molar-refractivity contribution in [2.45, 2.75) is 17.8 Å². The Morgan fingerprint density at radius 1 is 1.15 bits per heavy atom. The summed E-state index contributed by atoms with van der Waals surface area (Å²) >= 11 is 14.9. The molecular formula is C18H10BrCl2F2NO3. The van der Waals surface area contributed by atoms with Gasteiger partial charge in [0.1, 0.15) is 11.6 Å². The molecule has 140 valence electrons. The number of alkyl halides is 1. The lowest BCUT2D eigenvalue weighted by Crippen LogP contribution is -2.52. The Hall–Kier alpha value is -1.83. The zero-order valence-electron chi connectivity index (χ0n) is 13.4. The third-order valence-corrected chi connectivity index (χ3v) is 5.32. The summed E-state index contributed by atoms with van der Waals surface area (Å²) in [6, 6.07) is 7.27. The van der Waals surface area contributed by atoms with Gasteiger partial charge in [0.15, 0.2) is 4.87 Å². The van der Waals surface area contributed by atoms with Crippen LogP contribution >= 0.6 is 39.1 Å². The summed E-state index contributed by atoms with van der Waals surface area (Å²) in [7, 11) is 0. The van der Waals surface area contributed by atoms with Crippen molar-refractivity contribution in [3.05, 3.63) is 69.2 Å². The van der Waals surface area contributed by atoms with Crippen LogP contribution in [0, 0.1) is 11.6 Å². The van der Waals surface area contributed by atoms with E-state index in [9.17, 15) is 23.2 Å². The lowest BCUT2D eigenvalue weighted by Gasteiger charge is -2.37. The van der Waals surface area contributed by atoms with Crippen molar-refractivity contribution in [3.63, 3.8) is 0 Å². The first-order valence-electron chi connectivity index (χ1n) is 7.61. The minimum Gasteiger partial charge on any atom is -0.281 e. The Bertz CT molecular complexity index is 985. The van der Waals surface area contributed by atoms with Crippen molar-refractivity contribution in [3.8, 4) is 0 Å². The van der Waals surface area contributed by atoms with E-state index in [4.69, 9.17) is 23.2 Å². The van der Waals surface area contributed by atoms with Gasteiger partial charge in [-0.15, -0.1) is 11.6 Å². The van der Waals surface area contributed by atoms with E-state index in [0.29, 0.717) is 4.47 Å². The van der Waals surface area contributed by atoms with E-state index in [0.717, 1.165) is 17.0 Å². The maximum Gasteiger partial charge on any atom is 0.261 e. The molecule has 1 heterocycles. The fraction of sp³-hybridized carbons (Fsp3) is 0.167. The Kier molecular flexibility index (Phi) is 5.38. The lowest BCUT2D eigenvalue weighted by molar-refractivity contribution is -0.134. The third-order valence-electron chi connectivity index (χ3n) is 4.19. The number of fused-ring (bicyclic) bond motifs is 1. The van der Waals surface area contributed by atoms with E-state index < -0.39 is 46.5 Å². The topological polar surface area (TPSA) is 54.5 Å². The number of amides is 2. The molecular weight excluding hydrogens is 467 g/mol. The number of rotatable bonds is 4. The first-order chi connectivity index (χ1) is 12.6. The summed E-state index contributed by atoms with van der Waals surface area (Å²) in [5, 5.41) is -0.933. The Balaban J connectivity index is 2.11. The number of halogens is 5. The van der Waals surface area contributed by atoms with Gasteiger partial charge >= 0.3 is 0 Å². The van der Waals surface area contributed by atoms with E-state index in [-0.39, 0.29) is 16.7 Å². The van der Waals surface area contributed by atoms with Crippen LogP contribution in [0.15, 0.2) is 40.9 Å². The average Bonchev–Trinajstić information content (AvgIpc) is 2.58. The Morgan fingerprint density at radius 3 is 2.48 bits per heavy atom. The molecule has 27 heavy (non-hydrogen) atoms. The summed E-state index contributed by atoms with van der Waals surface area (Å²) in [4.78, 5) is 35.9. The molecule has 3 rings (SSSR count). The van der Waals surface area contributed by atoms with E-state index in [1.54, 1.807) is 6.07 Å². The molecule has 0 bridgehead atoms. The standard InChI is InChI=1S/C18H10BrCl2F2NO3/c19-10-2-1-9(14(23)5-10)8-24-16(26)12-4-3-11(22)6-13(12)18(21,17(24)27)7-15(20)25/h1-6H,7-8H2. The van der Waals surface area contributed by atoms with Gasteiger partial charge in [-0.3, -0.25) is 19.3 Å². The molecule has 1 atom stereocenters. The number of imide groups is 1. The lowest BCUT2D eigenvalue weighted by atomic mass is 9.85. The van der Waals surface area contributed by atoms with Crippen LogP contribution in [-0.4, -0.2) is 22.0 Å². The van der Waals surface area contributed by atoms with Crippen LogP contribution in [0.5, 0.6) is 0 Å². The van der Waals surface area contributed by atoms with Crippen molar-refractivity contribution in [2.24, 2.45) is 0 Å². The first kappa shape index (κ1) is 19.9. The van der Waals surface area contributed by atoms with Crippen LogP contribution in [-0.2, 0) is 21.0 Å². The van der Waals surface area contributed by atoms with E-state index in [1.807, 2.05) is 0 Å². The summed E-state index contributed by atoms with van der Waals surface area (Å²) in [6.07, 6.45) is -0.655. The molecule has 2 aromatic carbocycles. The van der Waals surface area contributed by atoms with Gasteiger partial charge < -0.3 is 0 Å². The van der Waals surface area contributed by atoms with Gasteiger partial charge in [-0.05, 0) is 47.5 Å². The second kappa shape index (κ2) is 7.30. The number of carbonyl (C=O) groups excluding carboxylic acids is 3. The zero-order valence-corrected chi connectivity index (χ0v) is 16.5. The zero-order chi connectivity index (χ0) is 19.9. The molecule has 0 fully saturated rings. The number of benzene rings is 2. The molecule has 9 heteroatoms. The van der Waals surface area contributed by atoms with Crippen molar-refractivity contribution >= 4 is 56.2 Å². The van der Waals surface area contributed by atoms with E-state index in [2.05, 4.69) is 15.9 Å². The molecule has 0 N–H and O–H groups in total. The maximum atomic E-state index is 14.2. The molecule has 0 aromatic heterocycles. The smallest absolute Gasteiger partial charge is 0.261 e. The largest absolute Gasteiger partial charge is 0.281 e. The van der Waals surface area contributed by atoms with E-state index in [1.165, 1.54) is 18.2 Å². The molecule has 2 aromatic rings. The van der Waals surface area contributed by atoms with Gasteiger partial charge in [-0.1, -0.05) is 22.0 Å². The van der Waals surface area contributed by atoms with Crippen LogP contribution < -0.4 is 0 Å². The van der Waals surface area contributed by atoms with Crippen molar-refractivity contribution in [1.29, 1.82) is 0 Å². The highest BCUT2D eigenvalue weighted by atomic mass is 79.9. The molecule has 0 saturated carbocycles. The van der Waals surface area contributed by atoms with Crippen LogP contribution in [0.4, 0.5) is 8.78 Å². The van der Waals surface area contributed by atoms with Gasteiger partial charge in [0.05, 0.1) is 13.0 Å². The highest BCUT2D eigenvalue weighted by Gasteiger charge is 2.51. The first-order valence-corrected chi connectivity index (χ1v) is 9.16. The van der Waals surface area contributed by atoms with Gasteiger partial charge in [0.25, 0.3) is 11.8 Å². The molecule has 0 spiro atoms. The number of carbonyl (C=O) groups is 3. The summed E-state index contributed by atoms with van der Waals surface area (Å²) in [6.45, 7) is -0.404. The summed E-state index contributed by atoms with van der Waals surface area (Å²) < 4.78 is 28.4. The maximum absolute atomic E-state index is 14.2. The highest BCUT2D eigenvalue weighted by molar-refractivity contribution is 9.10. The molecule has 1 aliphatic rings. The Morgan fingerprint density at radius 2 is 1.85 bits per heavy atom. The summed E-state index contributed by atoms with van der Waals surface area (Å²) in [5.74, 6) is -3.10. The minimum atomic E-state index is -2.06. The predicted octanol–water partition coefficient (Wildman–Crippen LogP) is 4.50. The Labute approximate surface area is 171 Å². The second-order valence-electron chi connectivity index (χ2n) is 5.96. The molecule has 4 nitrogen and oxygen atoms in total. The number of hydrogen-bond donors (Lipinski definition) is 0. The SMILES string of the molecule is O=C(Cl)CC1(Cl)C(=O)N(Cc2ccc(Br)cc2F)C(=O)c2ccc(F)cc21. The van der Waals surface area contributed by atoms with Gasteiger partial charge in [-0.2, -0.15) is 0 Å². The third kappa shape index (κ3) is 3.63. The van der Waals surface area contributed by atoms with Gasteiger partial charge in [-0.25, -0.2) is 8.78 Å². The van der Waals surface area contributed by atoms with Crippen LogP contribution in [0.3, 0.4) is 0 Å². The molecule has 2 amide bonds. The molecule has 0 saturated heterocycles. The molecule has 1 aliphatic heterocycles. The van der Waals surface area contributed by atoms with Crippen LogP contribution in [0.25, 0.3) is 0 Å². The molecule has 0 radical (unpaired) electrons. The second-order valence-corrected chi connectivity index (χ2v) is 7.94. The van der Waals surface area contributed by atoms with Crippen molar-refractivity contribution in [1.82, 2.24) is 4.90 Å². The average molecular weight is 477 g/mol. The predicted molar refractivity (Wildman–Crippen MR) is 98.4 cm³/mol. The number of nitrogens with zero attached hydrogens (tertiary/aromatic N) is 1. The number of hydrogen-bond acceptors (Lipinski definition) is 3. The highest BCUT2D eigenvalue weighted by Crippen LogP contribution is 2.42. The van der Waals surface area contributed by atoms with Crippen molar-refractivity contribution in [2.75, 3.05) is 0 Å². The van der Waals surface area contributed by atoms with Gasteiger partial charge in [0.2, 0.25) is 5.24 Å². The fourth-order valence-corrected chi connectivity index (χ4v) is 3.91.